The Morgan fingerprint density at radius 3 is 2.50 bits per heavy atom. The van der Waals surface area contributed by atoms with Gasteiger partial charge in [-0.15, -0.1) is 0 Å². The van der Waals surface area contributed by atoms with Gasteiger partial charge in [-0.25, -0.2) is 0 Å². The molecule has 0 unspecified atom stereocenters. The van der Waals surface area contributed by atoms with Gasteiger partial charge in [-0.1, -0.05) is 6.92 Å². The van der Waals surface area contributed by atoms with Gasteiger partial charge in [0.2, 0.25) is 0 Å². The van der Waals surface area contributed by atoms with Crippen molar-refractivity contribution in [3.8, 4) is 0 Å². The first-order chi connectivity index (χ1) is 2.81. The molecule has 0 radical (unpaired) electrons. The van der Waals surface area contributed by atoms with Crippen molar-refractivity contribution in [1.82, 2.24) is 0 Å². The van der Waals surface area contributed by atoms with E-state index in [1.165, 1.54) is 0 Å². The van der Waals surface area contributed by atoms with Crippen molar-refractivity contribution in [2.24, 2.45) is 0 Å². The maximum atomic E-state index is 4.56. The van der Waals surface area contributed by atoms with Gasteiger partial charge >= 0.3 is 0 Å². The molecule has 6 heavy (non-hydrogen) atoms. The van der Waals surface area contributed by atoms with Crippen molar-refractivity contribution in [2.75, 3.05) is 0 Å². The first-order valence-electron chi connectivity index (χ1n) is 1.65. The predicted octanol–water partition coefficient (Wildman–Crippen LogP) is 1.59. The Labute approximate surface area is 48.3 Å². The molecule has 36 valence electrons. The second-order valence-electron chi connectivity index (χ2n) is 0.817. The van der Waals surface area contributed by atoms with E-state index in [0.717, 1.165) is 6.42 Å². The smallest absolute Gasteiger partial charge is 0.176 e. The van der Waals surface area contributed by atoms with Gasteiger partial charge in [-0.3, -0.25) is 0 Å². The Balaban J connectivity index is 2.99. The van der Waals surface area contributed by atoms with Crippen LogP contribution in [0.1, 0.15) is 13.3 Å². The molecule has 0 bridgehead atoms. The summed E-state index contributed by atoms with van der Waals surface area (Å²) >= 11 is 8.01. The zero-order valence-corrected chi connectivity index (χ0v) is 5.18. The fourth-order valence-electron chi connectivity index (χ4n) is 0.0645. The molecule has 0 aliphatic carbocycles. The predicted molar refractivity (Wildman–Crippen MR) is 33.0 cm³/mol. The van der Waals surface area contributed by atoms with E-state index in [0.29, 0.717) is 5.05 Å². The van der Waals surface area contributed by atoms with Gasteiger partial charge in [0, 0.05) is 19.3 Å². The minimum absolute atomic E-state index is 0.540. The van der Waals surface area contributed by atoms with Crippen molar-refractivity contribution in [3.63, 3.8) is 0 Å². The van der Waals surface area contributed by atoms with Crippen LogP contribution in [0.4, 0.5) is 0 Å². The highest BCUT2D eigenvalue weighted by molar-refractivity contribution is 7.82. The molecule has 0 N–H and O–H groups in total. The van der Waals surface area contributed by atoms with Crippen LogP contribution in [0.3, 0.4) is 0 Å². The van der Waals surface area contributed by atoms with Crippen LogP contribution in [0, 0.1) is 0 Å². The summed E-state index contributed by atoms with van der Waals surface area (Å²) in [6.07, 6.45) is 0.763. The van der Waals surface area contributed by atoms with E-state index in [4.69, 9.17) is 0 Å². The van der Waals surface area contributed by atoms with Crippen LogP contribution in [-0.2, 0) is 4.18 Å². The van der Waals surface area contributed by atoms with Crippen molar-refractivity contribution in [3.05, 3.63) is 0 Å². The van der Waals surface area contributed by atoms with E-state index >= 15 is 0 Å². The number of thiol groups is 1. The molecule has 3 heteroatoms. The third kappa shape index (κ3) is 2.48. The molecule has 0 aliphatic rings. The molecular formula is C3H6OS2. The van der Waals surface area contributed by atoms with Crippen molar-refractivity contribution < 1.29 is 4.18 Å². The summed E-state index contributed by atoms with van der Waals surface area (Å²) in [5, 5.41) is 0.540. The lowest BCUT2D eigenvalue weighted by atomic mass is 10.5. The lowest BCUT2D eigenvalue weighted by Crippen LogP contribution is -1.86. The summed E-state index contributed by atoms with van der Waals surface area (Å²) in [6, 6.07) is 0. The molecule has 0 saturated heterocycles. The maximum Gasteiger partial charge on any atom is 0.176 e. The monoisotopic (exact) mass is 122 g/mol. The quantitative estimate of drug-likeness (QED) is 0.321. The van der Waals surface area contributed by atoms with Crippen LogP contribution >= 0.6 is 25.1 Å². The van der Waals surface area contributed by atoms with Gasteiger partial charge in [0.05, 0.1) is 0 Å². The van der Waals surface area contributed by atoms with E-state index in [1.807, 2.05) is 6.92 Å². The van der Waals surface area contributed by atoms with Crippen LogP contribution < -0.4 is 0 Å². The molecule has 1 nitrogen and oxygen atoms in total. The fraction of sp³-hybridized carbons (Fsp3) is 0.667. The first-order valence-corrected chi connectivity index (χ1v) is 2.42. The summed E-state index contributed by atoms with van der Waals surface area (Å²) < 4.78 is 4.33. The average molecular weight is 122 g/mol. The third-order valence-electron chi connectivity index (χ3n) is 0.390. The largest absolute Gasteiger partial charge is 0.422 e. The zero-order valence-electron chi connectivity index (χ0n) is 3.47. The van der Waals surface area contributed by atoms with Crippen LogP contribution in [0.15, 0.2) is 0 Å². The number of thiocarbonyl (C=S) groups is 1. The van der Waals surface area contributed by atoms with E-state index in [1.54, 1.807) is 0 Å². The van der Waals surface area contributed by atoms with Crippen molar-refractivity contribution >= 4 is 30.2 Å². The Hall–Kier alpha value is 0.240. The average Bonchev–Trinajstić information content (AvgIpc) is 1.65. The van der Waals surface area contributed by atoms with Gasteiger partial charge in [-0.05, 0) is 12.2 Å². The SMILES string of the molecule is CCC(=S)OS. The van der Waals surface area contributed by atoms with Crippen molar-refractivity contribution in [1.29, 1.82) is 0 Å². The molecule has 0 aromatic rings. The summed E-state index contributed by atoms with van der Waals surface area (Å²) in [5.74, 6) is 0. The highest BCUT2D eigenvalue weighted by atomic mass is 32.1. The summed E-state index contributed by atoms with van der Waals surface area (Å²) in [4.78, 5) is 0. The molecule has 0 spiro atoms. The Morgan fingerprint density at radius 2 is 2.50 bits per heavy atom. The van der Waals surface area contributed by atoms with Gasteiger partial charge < -0.3 is 4.18 Å². The molecule has 0 saturated carbocycles. The van der Waals surface area contributed by atoms with Crippen LogP contribution in [0.25, 0.3) is 0 Å². The van der Waals surface area contributed by atoms with E-state index in [-0.39, 0.29) is 0 Å². The Bertz CT molecular complexity index is 46.8. The minimum atomic E-state index is 0.540. The highest BCUT2D eigenvalue weighted by Crippen LogP contribution is 1.88. The molecule has 0 heterocycles. The van der Waals surface area contributed by atoms with Gasteiger partial charge in [0.1, 0.15) is 0 Å². The second kappa shape index (κ2) is 3.43. The summed E-state index contributed by atoms with van der Waals surface area (Å²) in [7, 11) is 0. The zero-order chi connectivity index (χ0) is 4.99. The third-order valence-corrected chi connectivity index (χ3v) is 1.11. The normalized spacial score (nSPS) is 7.67. The lowest BCUT2D eigenvalue weighted by molar-refractivity contribution is 0.656. The Kier molecular flexibility index (Phi) is 3.57. The molecule has 0 aromatic carbocycles. The number of rotatable bonds is 1. The molecular weight excluding hydrogens is 116 g/mol. The molecule has 0 fully saturated rings. The Morgan fingerprint density at radius 1 is 2.00 bits per heavy atom. The first kappa shape index (κ1) is 6.24. The van der Waals surface area contributed by atoms with Gasteiger partial charge in [-0.2, -0.15) is 0 Å². The van der Waals surface area contributed by atoms with Crippen molar-refractivity contribution in [2.45, 2.75) is 13.3 Å². The molecule has 0 rings (SSSR count). The second-order valence-corrected chi connectivity index (χ2v) is 1.45. The van der Waals surface area contributed by atoms with E-state index < -0.39 is 0 Å². The van der Waals surface area contributed by atoms with E-state index in [2.05, 4.69) is 29.3 Å². The van der Waals surface area contributed by atoms with Gasteiger partial charge in [0.25, 0.3) is 0 Å². The molecule has 0 amide bonds. The topological polar surface area (TPSA) is 9.23 Å². The maximum absolute atomic E-state index is 4.56. The minimum Gasteiger partial charge on any atom is -0.422 e. The molecule has 0 aromatic heterocycles. The van der Waals surface area contributed by atoms with Gasteiger partial charge in [0.15, 0.2) is 5.05 Å². The number of hydrogen-bond acceptors (Lipinski definition) is 3. The van der Waals surface area contributed by atoms with E-state index in [9.17, 15) is 0 Å². The van der Waals surface area contributed by atoms with Crippen LogP contribution in [-0.4, -0.2) is 5.05 Å². The highest BCUT2D eigenvalue weighted by Gasteiger charge is 1.82. The summed E-state index contributed by atoms with van der Waals surface area (Å²) in [5.41, 5.74) is 0. The van der Waals surface area contributed by atoms with Crippen LogP contribution in [0.5, 0.6) is 0 Å². The number of hydrogen-bond donors (Lipinski definition) is 1. The molecule has 0 atom stereocenters. The fourth-order valence-corrected chi connectivity index (χ4v) is 0.194. The lowest BCUT2D eigenvalue weighted by Gasteiger charge is -1.89. The van der Waals surface area contributed by atoms with Crippen LogP contribution in [0.2, 0.25) is 0 Å². The standard InChI is InChI=1S/C3H6OS2/c1-2-3(5)4-6/h6H,2H2,1H3. The summed E-state index contributed by atoms with van der Waals surface area (Å²) in [6.45, 7) is 1.92. The molecule has 0 aliphatic heterocycles.